The molecule has 0 aliphatic carbocycles. The van der Waals surface area contributed by atoms with Crippen LogP contribution >= 0.6 is 0 Å². The topological polar surface area (TPSA) is 40.0 Å². The third-order valence-electron chi connectivity index (χ3n) is 2.59. The summed E-state index contributed by atoms with van der Waals surface area (Å²) in [5.74, 6) is 1.62. The highest BCUT2D eigenvalue weighted by Crippen LogP contribution is 2.19. The van der Waals surface area contributed by atoms with E-state index in [4.69, 9.17) is 5.73 Å². The number of hydrogen-bond acceptors (Lipinski definition) is 1. The molecule has 0 saturated carbocycles. The molecule has 0 amide bonds. The van der Waals surface area contributed by atoms with Crippen LogP contribution in [0.2, 0.25) is 0 Å². The molecular weight excluding hydrogens is 148 g/mol. The van der Waals surface area contributed by atoms with Crippen molar-refractivity contribution in [3.05, 3.63) is 12.3 Å². The first-order valence-electron chi connectivity index (χ1n) is 4.72. The molecule has 0 fully saturated rings. The van der Waals surface area contributed by atoms with E-state index in [1.807, 2.05) is 6.08 Å². The zero-order valence-electron chi connectivity index (χ0n) is 8.01. The van der Waals surface area contributed by atoms with E-state index in [1.165, 1.54) is 12.1 Å². The summed E-state index contributed by atoms with van der Waals surface area (Å²) < 4.78 is 0. The smallest absolute Gasteiger partial charge is 0.176 e. The van der Waals surface area contributed by atoms with Gasteiger partial charge >= 0.3 is 0 Å². The van der Waals surface area contributed by atoms with Crippen molar-refractivity contribution in [3.63, 3.8) is 0 Å². The normalized spacial score (nSPS) is 24.9. The molecule has 1 unspecified atom stereocenters. The predicted molar refractivity (Wildman–Crippen MR) is 51.7 cm³/mol. The van der Waals surface area contributed by atoms with E-state index in [0.717, 1.165) is 24.8 Å². The fraction of sp³-hybridized carbons (Fsp3) is 0.700. The molecule has 68 valence electrons. The van der Waals surface area contributed by atoms with Crippen molar-refractivity contribution in [3.8, 4) is 0 Å². The van der Waals surface area contributed by atoms with Crippen LogP contribution in [0, 0.1) is 11.8 Å². The van der Waals surface area contributed by atoms with Gasteiger partial charge in [-0.1, -0.05) is 13.8 Å². The standard InChI is InChI=1S/C10H18N2/c1-8(2)9-4-6-12-10(7-9)3-5-11/h3,5,8-9H,4,6-7,11H2,1-2H3/p+1/b5-3-. The van der Waals surface area contributed by atoms with Crippen molar-refractivity contribution in [2.75, 3.05) is 6.54 Å². The Morgan fingerprint density at radius 1 is 1.58 bits per heavy atom. The second-order valence-electron chi connectivity index (χ2n) is 3.81. The first kappa shape index (κ1) is 9.30. The summed E-state index contributed by atoms with van der Waals surface area (Å²) in [6, 6.07) is 0. The summed E-state index contributed by atoms with van der Waals surface area (Å²) in [6.45, 7) is 5.68. The van der Waals surface area contributed by atoms with Gasteiger partial charge in [-0.3, -0.25) is 0 Å². The van der Waals surface area contributed by atoms with Gasteiger partial charge in [-0.05, 0) is 11.8 Å². The van der Waals surface area contributed by atoms with Crippen LogP contribution < -0.4 is 10.7 Å². The lowest BCUT2D eigenvalue weighted by Crippen LogP contribution is -2.75. The zero-order chi connectivity index (χ0) is 8.97. The lowest BCUT2D eigenvalue weighted by molar-refractivity contribution is -0.465. The van der Waals surface area contributed by atoms with Crippen LogP contribution in [0.5, 0.6) is 0 Å². The Hall–Kier alpha value is -0.790. The van der Waals surface area contributed by atoms with Gasteiger partial charge in [-0.25, -0.2) is 4.99 Å². The highest BCUT2D eigenvalue weighted by molar-refractivity contribution is 5.90. The summed E-state index contributed by atoms with van der Waals surface area (Å²) in [6.07, 6.45) is 6.05. The van der Waals surface area contributed by atoms with Gasteiger partial charge in [0, 0.05) is 25.1 Å². The Morgan fingerprint density at radius 2 is 2.33 bits per heavy atom. The fourth-order valence-electron chi connectivity index (χ4n) is 1.69. The average molecular weight is 167 g/mol. The molecule has 0 radical (unpaired) electrons. The Morgan fingerprint density at radius 3 is 2.92 bits per heavy atom. The third-order valence-corrected chi connectivity index (χ3v) is 2.59. The molecule has 3 N–H and O–H groups in total. The van der Waals surface area contributed by atoms with Gasteiger partial charge in [-0.15, -0.1) is 0 Å². The maximum atomic E-state index is 5.34. The molecule has 0 spiro atoms. The van der Waals surface area contributed by atoms with E-state index in [-0.39, 0.29) is 0 Å². The quantitative estimate of drug-likeness (QED) is 0.599. The van der Waals surface area contributed by atoms with Gasteiger partial charge in [0.15, 0.2) is 5.71 Å². The molecule has 0 aromatic carbocycles. The van der Waals surface area contributed by atoms with Crippen molar-refractivity contribution in [2.45, 2.75) is 26.7 Å². The molecular formula is C10H19N2+. The minimum Gasteiger partial charge on any atom is -0.404 e. The monoisotopic (exact) mass is 167 g/mol. The van der Waals surface area contributed by atoms with E-state index in [9.17, 15) is 0 Å². The van der Waals surface area contributed by atoms with Crippen molar-refractivity contribution in [2.24, 2.45) is 17.6 Å². The second-order valence-corrected chi connectivity index (χ2v) is 3.81. The van der Waals surface area contributed by atoms with Crippen LogP contribution in [0.15, 0.2) is 12.3 Å². The molecule has 1 atom stereocenters. The molecule has 1 heterocycles. The Balaban J connectivity index is 2.53. The molecule has 2 nitrogen and oxygen atoms in total. The van der Waals surface area contributed by atoms with Gasteiger partial charge in [0.2, 0.25) is 0 Å². The Bertz CT molecular complexity index is 192. The summed E-state index contributed by atoms with van der Waals surface area (Å²) >= 11 is 0. The van der Waals surface area contributed by atoms with E-state index in [2.05, 4.69) is 18.8 Å². The van der Waals surface area contributed by atoms with Crippen LogP contribution in [-0.2, 0) is 0 Å². The lowest BCUT2D eigenvalue weighted by Gasteiger charge is -2.20. The van der Waals surface area contributed by atoms with E-state index in [1.54, 1.807) is 6.20 Å². The minimum atomic E-state index is 0.785. The SMILES string of the molecule is CC(C)C1CC[NH+]=C(/C=C\N)C1. The number of nitrogens with one attached hydrogen (secondary N) is 1. The highest BCUT2D eigenvalue weighted by Gasteiger charge is 2.21. The van der Waals surface area contributed by atoms with Crippen LogP contribution in [0.1, 0.15) is 26.7 Å². The van der Waals surface area contributed by atoms with Crippen LogP contribution in [0.25, 0.3) is 0 Å². The molecule has 0 bridgehead atoms. The maximum Gasteiger partial charge on any atom is 0.176 e. The van der Waals surface area contributed by atoms with E-state index in [0.29, 0.717) is 0 Å². The first-order valence-corrected chi connectivity index (χ1v) is 4.72. The lowest BCUT2D eigenvalue weighted by atomic mass is 9.86. The largest absolute Gasteiger partial charge is 0.404 e. The third kappa shape index (κ3) is 2.36. The minimum absolute atomic E-state index is 0.785. The molecule has 0 saturated heterocycles. The molecule has 1 aliphatic rings. The summed E-state index contributed by atoms with van der Waals surface area (Å²) in [4.78, 5) is 3.35. The average Bonchev–Trinajstić information content (AvgIpc) is 2.05. The summed E-state index contributed by atoms with van der Waals surface area (Å²) in [5, 5.41) is 0. The highest BCUT2D eigenvalue weighted by atomic mass is 14.7. The fourth-order valence-corrected chi connectivity index (χ4v) is 1.69. The number of allylic oxidation sites excluding steroid dienone is 1. The van der Waals surface area contributed by atoms with Crippen molar-refractivity contribution < 1.29 is 4.99 Å². The predicted octanol–water partition coefficient (Wildman–Crippen LogP) is 0.0464. The number of nitrogens with two attached hydrogens (primary N) is 1. The van der Waals surface area contributed by atoms with Crippen LogP contribution in [0.3, 0.4) is 0 Å². The van der Waals surface area contributed by atoms with Gasteiger partial charge < -0.3 is 5.73 Å². The van der Waals surface area contributed by atoms with Gasteiger partial charge in [0.25, 0.3) is 0 Å². The van der Waals surface area contributed by atoms with Crippen molar-refractivity contribution >= 4 is 5.71 Å². The Labute approximate surface area is 74.6 Å². The van der Waals surface area contributed by atoms with Gasteiger partial charge in [0.05, 0.1) is 0 Å². The van der Waals surface area contributed by atoms with E-state index >= 15 is 0 Å². The molecule has 0 aromatic rings. The van der Waals surface area contributed by atoms with Crippen molar-refractivity contribution in [1.82, 2.24) is 0 Å². The molecule has 1 aliphatic heterocycles. The summed E-state index contributed by atoms with van der Waals surface area (Å²) in [7, 11) is 0. The molecule has 2 heteroatoms. The van der Waals surface area contributed by atoms with Gasteiger partial charge in [0.1, 0.15) is 6.54 Å². The van der Waals surface area contributed by atoms with Crippen molar-refractivity contribution in [1.29, 1.82) is 0 Å². The number of hydrogen-bond donors (Lipinski definition) is 2. The zero-order valence-corrected chi connectivity index (χ0v) is 8.01. The first-order chi connectivity index (χ1) is 5.74. The second kappa shape index (κ2) is 4.29. The van der Waals surface area contributed by atoms with Crippen LogP contribution in [0.4, 0.5) is 0 Å². The van der Waals surface area contributed by atoms with Crippen LogP contribution in [-0.4, -0.2) is 12.3 Å². The summed E-state index contributed by atoms with van der Waals surface area (Å²) in [5.41, 5.74) is 6.63. The molecule has 0 aromatic heterocycles. The maximum absolute atomic E-state index is 5.34. The number of rotatable bonds is 2. The molecule has 12 heavy (non-hydrogen) atoms. The Kier molecular flexibility index (Phi) is 3.32. The van der Waals surface area contributed by atoms with Gasteiger partial charge in [-0.2, -0.15) is 0 Å². The van der Waals surface area contributed by atoms with E-state index < -0.39 is 0 Å². The molecule has 1 rings (SSSR count).